The van der Waals surface area contributed by atoms with Crippen molar-refractivity contribution in [1.82, 2.24) is 0 Å². The van der Waals surface area contributed by atoms with Gasteiger partial charge in [-0.2, -0.15) is 0 Å². The molecule has 0 saturated carbocycles. The van der Waals surface area contributed by atoms with Gasteiger partial charge in [-0.3, -0.25) is 0 Å². The third-order valence-electron chi connectivity index (χ3n) is 2.38. The number of furan rings is 1. The number of aryl methyl sites for hydroxylation is 1. The largest absolute Gasteiger partial charge is 0.478 e. The van der Waals surface area contributed by atoms with Crippen LogP contribution >= 0.6 is 0 Å². The van der Waals surface area contributed by atoms with Crippen molar-refractivity contribution in [3.8, 4) is 0 Å². The Hall–Kier alpha value is -2.03. The third-order valence-corrected chi connectivity index (χ3v) is 2.38. The molecule has 1 heterocycles. The second-order valence-electron chi connectivity index (χ2n) is 3.69. The molecular weight excluding hydrogens is 204 g/mol. The zero-order valence-electron chi connectivity index (χ0n) is 8.93. The molecule has 1 N–H and O–H groups in total. The first-order valence-corrected chi connectivity index (χ1v) is 5.03. The fourth-order valence-corrected chi connectivity index (χ4v) is 1.55. The highest BCUT2D eigenvalue weighted by Gasteiger charge is 2.04. The number of carboxylic acids is 1. The molecule has 0 radical (unpaired) electrons. The SMILES string of the molecule is Cc1ccc(Cc2ccc(C(=O)O)cc2)o1. The Labute approximate surface area is 93.3 Å². The zero-order chi connectivity index (χ0) is 11.5. The van der Waals surface area contributed by atoms with Crippen molar-refractivity contribution in [2.24, 2.45) is 0 Å². The van der Waals surface area contributed by atoms with E-state index in [-0.39, 0.29) is 0 Å². The average molecular weight is 216 g/mol. The molecule has 0 fully saturated rings. The highest BCUT2D eigenvalue weighted by Crippen LogP contribution is 2.13. The van der Waals surface area contributed by atoms with Crippen LogP contribution in [0.4, 0.5) is 0 Å². The summed E-state index contributed by atoms with van der Waals surface area (Å²) in [6.45, 7) is 1.90. The molecule has 0 unspecified atom stereocenters. The zero-order valence-corrected chi connectivity index (χ0v) is 8.93. The lowest BCUT2D eigenvalue weighted by Crippen LogP contribution is -1.96. The molecule has 0 bridgehead atoms. The van der Waals surface area contributed by atoms with Gasteiger partial charge < -0.3 is 9.52 Å². The predicted molar refractivity (Wildman–Crippen MR) is 59.7 cm³/mol. The Morgan fingerprint density at radius 2 is 1.88 bits per heavy atom. The number of carboxylic acid groups (broad SMARTS) is 1. The fourth-order valence-electron chi connectivity index (χ4n) is 1.55. The lowest BCUT2D eigenvalue weighted by molar-refractivity contribution is 0.0697. The average Bonchev–Trinajstić information content (AvgIpc) is 2.65. The molecule has 2 rings (SSSR count). The quantitative estimate of drug-likeness (QED) is 0.858. The highest BCUT2D eigenvalue weighted by molar-refractivity contribution is 5.87. The van der Waals surface area contributed by atoms with Crippen molar-refractivity contribution in [2.45, 2.75) is 13.3 Å². The second kappa shape index (κ2) is 4.23. The van der Waals surface area contributed by atoms with Gasteiger partial charge in [-0.15, -0.1) is 0 Å². The number of carbonyl (C=O) groups is 1. The van der Waals surface area contributed by atoms with E-state index in [0.717, 1.165) is 17.1 Å². The maximum absolute atomic E-state index is 10.7. The topological polar surface area (TPSA) is 50.4 Å². The van der Waals surface area contributed by atoms with E-state index in [2.05, 4.69) is 0 Å². The molecule has 0 aliphatic carbocycles. The smallest absolute Gasteiger partial charge is 0.335 e. The summed E-state index contributed by atoms with van der Waals surface area (Å²) in [5.41, 5.74) is 1.35. The first-order valence-electron chi connectivity index (χ1n) is 5.03. The molecule has 1 aromatic heterocycles. The summed E-state index contributed by atoms with van der Waals surface area (Å²) in [4.78, 5) is 10.7. The van der Waals surface area contributed by atoms with Crippen LogP contribution in [0.5, 0.6) is 0 Å². The van der Waals surface area contributed by atoms with Crippen LogP contribution < -0.4 is 0 Å². The molecule has 1 aromatic carbocycles. The monoisotopic (exact) mass is 216 g/mol. The van der Waals surface area contributed by atoms with Crippen molar-refractivity contribution in [3.05, 3.63) is 59.0 Å². The number of aromatic carboxylic acids is 1. The van der Waals surface area contributed by atoms with Crippen LogP contribution in [0, 0.1) is 6.92 Å². The van der Waals surface area contributed by atoms with E-state index in [1.54, 1.807) is 24.3 Å². The van der Waals surface area contributed by atoms with Crippen LogP contribution in [0.3, 0.4) is 0 Å². The summed E-state index contributed by atoms with van der Waals surface area (Å²) in [5, 5.41) is 8.75. The van der Waals surface area contributed by atoms with Crippen molar-refractivity contribution in [3.63, 3.8) is 0 Å². The summed E-state index contributed by atoms with van der Waals surface area (Å²) < 4.78 is 5.45. The normalized spacial score (nSPS) is 10.3. The molecule has 82 valence electrons. The molecular formula is C13H12O3. The molecule has 3 nitrogen and oxygen atoms in total. The van der Waals surface area contributed by atoms with E-state index < -0.39 is 5.97 Å². The molecule has 2 aromatic rings. The number of hydrogen-bond acceptors (Lipinski definition) is 2. The lowest BCUT2D eigenvalue weighted by Gasteiger charge is -1.99. The van der Waals surface area contributed by atoms with Crippen molar-refractivity contribution < 1.29 is 14.3 Å². The van der Waals surface area contributed by atoms with E-state index in [1.807, 2.05) is 19.1 Å². The second-order valence-corrected chi connectivity index (χ2v) is 3.69. The number of rotatable bonds is 3. The van der Waals surface area contributed by atoms with Gasteiger partial charge in [0.25, 0.3) is 0 Å². The van der Waals surface area contributed by atoms with Crippen LogP contribution in [-0.4, -0.2) is 11.1 Å². The van der Waals surface area contributed by atoms with Crippen LogP contribution in [-0.2, 0) is 6.42 Å². The highest BCUT2D eigenvalue weighted by atomic mass is 16.4. The van der Waals surface area contributed by atoms with Gasteiger partial charge in [-0.25, -0.2) is 4.79 Å². The Kier molecular flexibility index (Phi) is 2.77. The molecule has 0 atom stereocenters. The van der Waals surface area contributed by atoms with Crippen LogP contribution in [0.1, 0.15) is 27.4 Å². The van der Waals surface area contributed by atoms with Gasteiger partial charge in [0.05, 0.1) is 5.56 Å². The summed E-state index contributed by atoms with van der Waals surface area (Å²) in [7, 11) is 0. The minimum atomic E-state index is -0.902. The molecule has 0 aliphatic heterocycles. The molecule has 3 heteroatoms. The van der Waals surface area contributed by atoms with E-state index in [0.29, 0.717) is 12.0 Å². The number of benzene rings is 1. The van der Waals surface area contributed by atoms with E-state index in [1.165, 1.54) is 0 Å². The fraction of sp³-hybridized carbons (Fsp3) is 0.154. The van der Waals surface area contributed by atoms with Crippen molar-refractivity contribution in [1.29, 1.82) is 0 Å². The molecule has 0 spiro atoms. The van der Waals surface area contributed by atoms with Crippen LogP contribution in [0.2, 0.25) is 0 Å². The summed E-state index contributed by atoms with van der Waals surface area (Å²) in [5.74, 6) is 0.873. The standard InChI is InChI=1S/C13H12O3/c1-9-2-7-12(16-9)8-10-3-5-11(6-4-10)13(14)15/h2-7H,8H2,1H3,(H,14,15). The van der Waals surface area contributed by atoms with Gasteiger partial charge in [0, 0.05) is 6.42 Å². The van der Waals surface area contributed by atoms with Crippen LogP contribution in [0.15, 0.2) is 40.8 Å². The Balaban J connectivity index is 2.14. The van der Waals surface area contributed by atoms with Crippen molar-refractivity contribution >= 4 is 5.97 Å². The summed E-state index contributed by atoms with van der Waals surface area (Å²) in [6.07, 6.45) is 0.688. The van der Waals surface area contributed by atoms with Gasteiger partial charge in [0.1, 0.15) is 11.5 Å². The minimum Gasteiger partial charge on any atom is -0.478 e. The summed E-state index contributed by atoms with van der Waals surface area (Å²) in [6, 6.07) is 10.7. The first kappa shape index (κ1) is 10.5. The Morgan fingerprint density at radius 1 is 1.19 bits per heavy atom. The first-order chi connectivity index (χ1) is 7.65. The summed E-state index contributed by atoms with van der Waals surface area (Å²) >= 11 is 0. The predicted octanol–water partition coefficient (Wildman–Crippen LogP) is 2.88. The van der Waals surface area contributed by atoms with Crippen molar-refractivity contribution in [2.75, 3.05) is 0 Å². The van der Waals surface area contributed by atoms with Gasteiger partial charge in [0.2, 0.25) is 0 Å². The molecule has 0 aliphatic rings. The third kappa shape index (κ3) is 2.31. The molecule has 16 heavy (non-hydrogen) atoms. The van der Waals surface area contributed by atoms with Gasteiger partial charge in [-0.1, -0.05) is 12.1 Å². The Morgan fingerprint density at radius 3 is 2.38 bits per heavy atom. The maximum atomic E-state index is 10.7. The maximum Gasteiger partial charge on any atom is 0.335 e. The minimum absolute atomic E-state index is 0.305. The van der Waals surface area contributed by atoms with Gasteiger partial charge in [-0.05, 0) is 36.8 Å². The van der Waals surface area contributed by atoms with E-state index in [4.69, 9.17) is 9.52 Å². The Bertz CT molecular complexity index is 494. The van der Waals surface area contributed by atoms with E-state index >= 15 is 0 Å². The molecule has 0 saturated heterocycles. The van der Waals surface area contributed by atoms with Gasteiger partial charge in [0.15, 0.2) is 0 Å². The van der Waals surface area contributed by atoms with E-state index in [9.17, 15) is 4.79 Å². The lowest BCUT2D eigenvalue weighted by atomic mass is 10.1. The van der Waals surface area contributed by atoms with Crippen LogP contribution in [0.25, 0.3) is 0 Å². The number of hydrogen-bond donors (Lipinski definition) is 1. The molecule has 0 amide bonds. The van der Waals surface area contributed by atoms with Gasteiger partial charge >= 0.3 is 5.97 Å².